The molecule has 0 aliphatic carbocycles. The van der Waals surface area contributed by atoms with E-state index in [-0.39, 0.29) is 22.9 Å². The van der Waals surface area contributed by atoms with Crippen LogP contribution in [-0.2, 0) is 6.42 Å². The first-order valence-electron chi connectivity index (χ1n) is 8.61. The Morgan fingerprint density at radius 2 is 2.11 bits per heavy atom. The van der Waals surface area contributed by atoms with Crippen LogP contribution in [0, 0.1) is 17.0 Å². The van der Waals surface area contributed by atoms with Crippen molar-refractivity contribution in [2.24, 2.45) is 0 Å². The van der Waals surface area contributed by atoms with E-state index in [2.05, 4.69) is 10.3 Å². The van der Waals surface area contributed by atoms with Crippen molar-refractivity contribution in [3.63, 3.8) is 0 Å². The number of nitrogens with zero attached hydrogens (tertiary/aromatic N) is 3. The van der Waals surface area contributed by atoms with Crippen molar-refractivity contribution in [2.75, 3.05) is 13.2 Å². The molecule has 1 aromatic carbocycles. The standard InChI is InChI=1S/C19H20N4O4/c1-3-27-17-6-5-14(10-16(17)23(25)26)19(24)20-9-8-15-12-22-11-13(2)4-7-18(22)21-15/h4-7,10-12H,3,8-9H2,1-2H3,(H,20,24). The molecule has 3 rings (SSSR count). The Morgan fingerprint density at radius 3 is 2.85 bits per heavy atom. The first-order valence-corrected chi connectivity index (χ1v) is 8.61. The number of aromatic nitrogens is 2. The summed E-state index contributed by atoms with van der Waals surface area (Å²) < 4.78 is 7.17. The van der Waals surface area contributed by atoms with Gasteiger partial charge < -0.3 is 14.5 Å². The van der Waals surface area contributed by atoms with E-state index in [9.17, 15) is 14.9 Å². The summed E-state index contributed by atoms with van der Waals surface area (Å²) in [6.07, 6.45) is 4.48. The summed E-state index contributed by atoms with van der Waals surface area (Å²) in [6.45, 7) is 4.44. The molecule has 1 amide bonds. The third kappa shape index (κ3) is 4.22. The number of amides is 1. The van der Waals surface area contributed by atoms with Crippen LogP contribution < -0.4 is 10.1 Å². The van der Waals surface area contributed by atoms with Crippen LogP contribution in [-0.4, -0.2) is 33.4 Å². The maximum Gasteiger partial charge on any atom is 0.311 e. The van der Waals surface area contributed by atoms with Crippen molar-refractivity contribution in [2.45, 2.75) is 20.3 Å². The van der Waals surface area contributed by atoms with Gasteiger partial charge in [-0.1, -0.05) is 6.07 Å². The number of rotatable bonds is 7. The molecule has 0 spiro atoms. The molecular formula is C19H20N4O4. The predicted molar refractivity (Wildman–Crippen MR) is 100 cm³/mol. The molecule has 0 fully saturated rings. The summed E-state index contributed by atoms with van der Waals surface area (Å²) in [5.74, 6) is -0.222. The number of pyridine rings is 1. The number of benzene rings is 1. The van der Waals surface area contributed by atoms with Gasteiger partial charge in [0.15, 0.2) is 5.75 Å². The molecule has 0 aliphatic heterocycles. The molecule has 0 atom stereocenters. The first kappa shape index (κ1) is 18.4. The highest BCUT2D eigenvalue weighted by molar-refractivity contribution is 5.95. The maximum absolute atomic E-state index is 12.3. The number of ether oxygens (including phenoxy) is 1. The first-order chi connectivity index (χ1) is 13.0. The zero-order valence-corrected chi connectivity index (χ0v) is 15.1. The molecule has 140 valence electrons. The molecular weight excluding hydrogens is 348 g/mol. The van der Waals surface area contributed by atoms with Gasteiger partial charge in [0.25, 0.3) is 5.91 Å². The van der Waals surface area contributed by atoms with Crippen LogP contribution in [0.3, 0.4) is 0 Å². The number of hydrogen-bond acceptors (Lipinski definition) is 5. The van der Waals surface area contributed by atoms with E-state index in [1.54, 1.807) is 6.92 Å². The second kappa shape index (κ2) is 7.86. The molecule has 3 aromatic rings. The molecule has 0 aliphatic rings. The molecule has 2 aromatic heterocycles. The molecule has 8 nitrogen and oxygen atoms in total. The molecule has 0 unspecified atom stereocenters. The summed E-state index contributed by atoms with van der Waals surface area (Å²) in [6, 6.07) is 8.12. The Morgan fingerprint density at radius 1 is 1.30 bits per heavy atom. The molecule has 0 saturated carbocycles. The van der Waals surface area contributed by atoms with Crippen LogP contribution in [0.1, 0.15) is 28.5 Å². The summed E-state index contributed by atoms with van der Waals surface area (Å²) in [4.78, 5) is 27.4. The molecule has 0 bridgehead atoms. The van der Waals surface area contributed by atoms with Gasteiger partial charge in [-0.15, -0.1) is 0 Å². The second-order valence-electron chi connectivity index (χ2n) is 6.08. The van der Waals surface area contributed by atoms with Crippen molar-refractivity contribution in [1.29, 1.82) is 0 Å². The second-order valence-corrected chi connectivity index (χ2v) is 6.08. The lowest BCUT2D eigenvalue weighted by Crippen LogP contribution is -2.25. The van der Waals surface area contributed by atoms with Crippen LogP contribution in [0.4, 0.5) is 5.69 Å². The van der Waals surface area contributed by atoms with E-state index >= 15 is 0 Å². The average molecular weight is 368 g/mol. The Balaban J connectivity index is 1.64. The minimum Gasteiger partial charge on any atom is -0.487 e. The highest BCUT2D eigenvalue weighted by Crippen LogP contribution is 2.27. The number of nitro benzene ring substituents is 1. The number of carbonyl (C=O) groups excluding carboxylic acids is 1. The Labute approximate surface area is 155 Å². The molecule has 2 heterocycles. The lowest BCUT2D eigenvalue weighted by atomic mass is 10.1. The number of hydrogen-bond donors (Lipinski definition) is 1. The summed E-state index contributed by atoms with van der Waals surface area (Å²) in [5, 5.41) is 13.9. The van der Waals surface area contributed by atoms with Crippen molar-refractivity contribution in [3.8, 4) is 5.75 Å². The minimum atomic E-state index is -0.555. The van der Waals surface area contributed by atoms with Gasteiger partial charge in [-0.3, -0.25) is 14.9 Å². The lowest BCUT2D eigenvalue weighted by Gasteiger charge is -2.07. The fourth-order valence-electron chi connectivity index (χ4n) is 2.76. The monoisotopic (exact) mass is 368 g/mol. The largest absolute Gasteiger partial charge is 0.487 e. The van der Waals surface area contributed by atoms with Crippen molar-refractivity contribution < 1.29 is 14.5 Å². The zero-order chi connectivity index (χ0) is 19.4. The van der Waals surface area contributed by atoms with Gasteiger partial charge in [0, 0.05) is 37.0 Å². The van der Waals surface area contributed by atoms with Crippen LogP contribution >= 0.6 is 0 Å². The molecule has 27 heavy (non-hydrogen) atoms. The number of nitrogens with one attached hydrogen (secondary N) is 1. The van der Waals surface area contributed by atoms with Gasteiger partial charge in [0.2, 0.25) is 0 Å². The van der Waals surface area contributed by atoms with Gasteiger partial charge in [-0.25, -0.2) is 4.98 Å². The van der Waals surface area contributed by atoms with Gasteiger partial charge in [-0.2, -0.15) is 0 Å². The minimum absolute atomic E-state index is 0.152. The third-order valence-electron chi connectivity index (χ3n) is 4.03. The quantitative estimate of drug-likeness (QED) is 0.511. The number of aryl methyl sites for hydroxylation is 1. The van der Waals surface area contributed by atoms with Crippen LogP contribution in [0.15, 0.2) is 42.7 Å². The fourth-order valence-corrected chi connectivity index (χ4v) is 2.76. The highest BCUT2D eigenvalue weighted by Gasteiger charge is 2.18. The van der Waals surface area contributed by atoms with E-state index in [0.717, 1.165) is 16.9 Å². The SMILES string of the molecule is CCOc1ccc(C(=O)NCCc2cn3cc(C)ccc3n2)cc1[N+](=O)[O-]. The van der Waals surface area contributed by atoms with E-state index in [0.29, 0.717) is 19.6 Å². The van der Waals surface area contributed by atoms with E-state index in [4.69, 9.17) is 4.74 Å². The zero-order valence-electron chi connectivity index (χ0n) is 15.1. The third-order valence-corrected chi connectivity index (χ3v) is 4.03. The average Bonchev–Trinajstić information content (AvgIpc) is 3.03. The van der Waals surface area contributed by atoms with Gasteiger partial charge >= 0.3 is 5.69 Å². The fraction of sp³-hybridized carbons (Fsp3) is 0.263. The predicted octanol–water partition coefficient (Wildman–Crippen LogP) is 2.92. The molecule has 0 radical (unpaired) electrons. The van der Waals surface area contributed by atoms with Gasteiger partial charge in [0.1, 0.15) is 5.65 Å². The topological polar surface area (TPSA) is 98.8 Å². The lowest BCUT2D eigenvalue weighted by molar-refractivity contribution is -0.385. The van der Waals surface area contributed by atoms with Crippen molar-refractivity contribution in [1.82, 2.24) is 14.7 Å². The number of imidazole rings is 1. The molecule has 0 saturated heterocycles. The maximum atomic E-state index is 12.3. The van der Waals surface area contributed by atoms with Crippen molar-refractivity contribution in [3.05, 3.63) is 69.7 Å². The van der Waals surface area contributed by atoms with Crippen LogP contribution in [0.2, 0.25) is 0 Å². The van der Waals surface area contributed by atoms with Crippen molar-refractivity contribution >= 4 is 17.2 Å². The summed E-state index contributed by atoms with van der Waals surface area (Å²) in [5.41, 5.74) is 2.84. The highest BCUT2D eigenvalue weighted by atomic mass is 16.6. The summed E-state index contributed by atoms with van der Waals surface area (Å²) in [7, 11) is 0. The van der Waals surface area contributed by atoms with E-state index < -0.39 is 4.92 Å². The van der Waals surface area contributed by atoms with Crippen LogP contribution in [0.5, 0.6) is 5.75 Å². The normalized spacial score (nSPS) is 10.7. The smallest absolute Gasteiger partial charge is 0.311 e. The number of fused-ring (bicyclic) bond motifs is 1. The van der Waals surface area contributed by atoms with Gasteiger partial charge in [-0.05, 0) is 37.6 Å². The Bertz CT molecular complexity index is 997. The Hall–Kier alpha value is -3.42. The van der Waals surface area contributed by atoms with E-state index in [1.807, 2.05) is 35.9 Å². The number of nitro groups is 1. The molecule has 8 heteroatoms. The number of carbonyl (C=O) groups is 1. The molecule has 1 N–H and O–H groups in total. The van der Waals surface area contributed by atoms with Crippen LogP contribution in [0.25, 0.3) is 5.65 Å². The van der Waals surface area contributed by atoms with E-state index in [1.165, 1.54) is 18.2 Å². The Kier molecular flexibility index (Phi) is 5.35. The van der Waals surface area contributed by atoms with Gasteiger partial charge in [0.05, 0.1) is 17.2 Å². The summed E-state index contributed by atoms with van der Waals surface area (Å²) >= 11 is 0.